The number of hydrogen-bond acceptors (Lipinski definition) is 6. The summed E-state index contributed by atoms with van der Waals surface area (Å²) < 4.78 is 5.42. The Labute approximate surface area is 167 Å². The number of nitrogens with zero attached hydrogens (tertiary/aromatic N) is 4. The van der Waals surface area contributed by atoms with Crippen LogP contribution in [0.4, 0.5) is 17.3 Å². The third kappa shape index (κ3) is 4.73. The van der Waals surface area contributed by atoms with Gasteiger partial charge >= 0.3 is 0 Å². The van der Waals surface area contributed by atoms with E-state index in [0.717, 1.165) is 44.5 Å². The van der Waals surface area contributed by atoms with E-state index in [1.54, 1.807) is 6.33 Å². The van der Waals surface area contributed by atoms with Crippen molar-refractivity contribution in [3.05, 3.63) is 42.2 Å². The van der Waals surface area contributed by atoms with Crippen LogP contribution in [-0.4, -0.2) is 49.4 Å². The van der Waals surface area contributed by atoms with Crippen LogP contribution in [0.15, 0.2) is 36.7 Å². The summed E-state index contributed by atoms with van der Waals surface area (Å²) in [6.07, 6.45) is 8.39. The van der Waals surface area contributed by atoms with E-state index in [9.17, 15) is 0 Å². The SMILES string of the molecule is CN(c1ccc(CNc2cc(N3CCOCC3)ncn2)cc1)C1CCCCC1. The van der Waals surface area contributed by atoms with Crippen LogP contribution in [-0.2, 0) is 11.3 Å². The largest absolute Gasteiger partial charge is 0.378 e. The van der Waals surface area contributed by atoms with Gasteiger partial charge in [0.05, 0.1) is 13.2 Å². The standard InChI is InChI=1S/C22H31N5O/c1-26(19-5-3-2-4-6-19)20-9-7-18(8-10-20)16-23-21-15-22(25-17-24-21)27-11-13-28-14-12-27/h7-10,15,17,19H,2-6,11-14,16H2,1H3,(H,23,24,25). The number of hydrogen-bond donors (Lipinski definition) is 1. The van der Waals surface area contributed by atoms with Crippen molar-refractivity contribution in [1.29, 1.82) is 0 Å². The number of morpholine rings is 1. The zero-order valence-corrected chi connectivity index (χ0v) is 16.8. The highest BCUT2D eigenvalue weighted by molar-refractivity contribution is 5.50. The topological polar surface area (TPSA) is 53.5 Å². The second-order valence-corrected chi connectivity index (χ2v) is 7.78. The molecule has 150 valence electrons. The third-order valence-electron chi connectivity index (χ3n) is 5.93. The summed E-state index contributed by atoms with van der Waals surface area (Å²) in [5.74, 6) is 1.82. The Morgan fingerprint density at radius 3 is 2.57 bits per heavy atom. The molecule has 2 heterocycles. The van der Waals surface area contributed by atoms with Crippen LogP contribution in [0.3, 0.4) is 0 Å². The zero-order valence-electron chi connectivity index (χ0n) is 16.8. The number of ether oxygens (including phenoxy) is 1. The maximum atomic E-state index is 5.42. The number of aromatic nitrogens is 2. The van der Waals surface area contributed by atoms with Gasteiger partial charge in [0.25, 0.3) is 0 Å². The lowest BCUT2D eigenvalue weighted by Gasteiger charge is -2.33. The van der Waals surface area contributed by atoms with Crippen molar-refractivity contribution in [2.45, 2.75) is 44.7 Å². The molecule has 1 saturated heterocycles. The monoisotopic (exact) mass is 381 g/mol. The van der Waals surface area contributed by atoms with E-state index in [4.69, 9.17) is 4.74 Å². The van der Waals surface area contributed by atoms with Crippen molar-refractivity contribution in [2.75, 3.05) is 48.5 Å². The van der Waals surface area contributed by atoms with Crippen molar-refractivity contribution >= 4 is 17.3 Å². The minimum atomic E-state index is 0.692. The summed E-state index contributed by atoms with van der Waals surface area (Å²) in [5.41, 5.74) is 2.57. The van der Waals surface area contributed by atoms with Crippen LogP contribution in [0.25, 0.3) is 0 Å². The van der Waals surface area contributed by atoms with Gasteiger partial charge in [-0.1, -0.05) is 31.4 Å². The Kier molecular flexibility index (Phi) is 6.27. The fraction of sp³-hybridized carbons (Fsp3) is 0.545. The Morgan fingerprint density at radius 2 is 1.82 bits per heavy atom. The Bertz CT molecular complexity index is 739. The predicted molar refractivity (Wildman–Crippen MR) is 114 cm³/mol. The first-order valence-corrected chi connectivity index (χ1v) is 10.5. The van der Waals surface area contributed by atoms with Gasteiger partial charge in [-0.15, -0.1) is 0 Å². The van der Waals surface area contributed by atoms with Gasteiger partial charge in [0, 0.05) is 44.5 Å². The Morgan fingerprint density at radius 1 is 1.07 bits per heavy atom. The van der Waals surface area contributed by atoms with E-state index in [2.05, 4.69) is 56.4 Å². The highest BCUT2D eigenvalue weighted by Gasteiger charge is 2.18. The molecule has 0 unspecified atom stereocenters. The van der Waals surface area contributed by atoms with Crippen LogP contribution in [0.2, 0.25) is 0 Å². The normalized spacial score (nSPS) is 18.1. The van der Waals surface area contributed by atoms with Crippen molar-refractivity contribution in [3.63, 3.8) is 0 Å². The van der Waals surface area contributed by atoms with Gasteiger partial charge in [-0.25, -0.2) is 9.97 Å². The Hall–Kier alpha value is -2.34. The van der Waals surface area contributed by atoms with Crippen molar-refractivity contribution in [3.8, 4) is 0 Å². The summed E-state index contributed by atoms with van der Waals surface area (Å²) in [4.78, 5) is 13.5. The molecule has 1 N–H and O–H groups in total. The molecule has 6 heteroatoms. The molecule has 0 atom stereocenters. The molecule has 4 rings (SSSR count). The van der Waals surface area contributed by atoms with E-state index in [0.29, 0.717) is 6.04 Å². The van der Waals surface area contributed by atoms with Crippen molar-refractivity contribution < 1.29 is 4.74 Å². The quantitative estimate of drug-likeness (QED) is 0.824. The fourth-order valence-electron chi connectivity index (χ4n) is 4.13. The van der Waals surface area contributed by atoms with Gasteiger partial charge in [-0.3, -0.25) is 0 Å². The van der Waals surface area contributed by atoms with E-state index in [1.807, 2.05) is 6.07 Å². The summed E-state index contributed by atoms with van der Waals surface area (Å²) in [6, 6.07) is 11.6. The smallest absolute Gasteiger partial charge is 0.134 e. The molecule has 1 aromatic carbocycles. The average molecular weight is 382 g/mol. The molecular formula is C22H31N5O. The fourth-order valence-corrected chi connectivity index (χ4v) is 4.13. The first-order valence-electron chi connectivity index (χ1n) is 10.5. The number of rotatable bonds is 6. The minimum absolute atomic E-state index is 0.692. The molecule has 2 fully saturated rings. The predicted octanol–water partition coefficient (Wildman–Crippen LogP) is 3.69. The van der Waals surface area contributed by atoms with Gasteiger partial charge < -0.3 is 19.9 Å². The van der Waals surface area contributed by atoms with Gasteiger partial charge in [0.1, 0.15) is 18.0 Å². The lowest BCUT2D eigenvalue weighted by atomic mass is 9.94. The summed E-state index contributed by atoms with van der Waals surface area (Å²) in [6.45, 7) is 4.04. The van der Waals surface area contributed by atoms with Crippen LogP contribution in [0.1, 0.15) is 37.7 Å². The molecule has 2 aliphatic rings. The molecule has 1 saturated carbocycles. The van der Waals surface area contributed by atoms with E-state index in [1.165, 1.54) is 43.4 Å². The molecule has 0 bridgehead atoms. The molecule has 28 heavy (non-hydrogen) atoms. The summed E-state index contributed by atoms with van der Waals surface area (Å²) in [7, 11) is 2.23. The molecule has 0 radical (unpaired) electrons. The summed E-state index contributed by atoms with van der Waals surface area (Å²) >= 11 is 0. The van der Waals surface area contributed by atoms with Crippen molar-refractivity contribution in [1.82, 2.24) is 9.97 Å². The van der Waals surface area contributed by atoms with Gasteiger partial charge in [-0.05, 0) is 30.5 Å². The lowest BCUT2D eigenvalue weighted by Crippen LogP contribution is -2.36. The first-order chi connectivity index (χ1) is 13.8. The van der Waals surface area contributed by atoms with E-state index < -0.39 is 0 Å². The van der Waals surface area contributed by atoms with Crippen LogP contribution in [0, 0.1) is 0 Å². The summed E-state index contributed by atoms with van der Waals surface area (Å²) in [5, 5.41) is 3.43. The van der Waals surface area contributed by atoms with Gasteiger partial charge in [0.2, 0.25) is 0 Å². The second-order valence-electron chi connectivity index (χ2n) is 7.78. The van der Waals surface area contributed by atoms with Crippen LogP contribution >= 0.6 is 0 Å². The molecule has 0 spiro atoms. The maximum Gasteiger partial charge on any atom is 0.134 e. The third-order valence-corrected chi connectivity index (χ3v) is 5.93. The van der Waals surface area contributed by atoms with E-state index >= 15 is 0 Å². The molecule has 6 nitrogen and oxygen atoms in total. The molecule has 1 aliphatic heterocycles. The van der Waals surface area contributed by atoms with Crippen LogP contribution < -0.4 is 15.1 Å². The van der Waals surface area contributed by atoms with Crippen LogP contribution in [0.5, 0.6) is 0 Å². The molecule has 0 amide bonds. The molecular weight excluding hydrogens is 350 g/mol. The highest BCUT2D eigenvalue weighted by atomic mass is 16.5. The van der Waals surface area contributed by atoms with Gasteiger partial charge in [0.15, 0.2) is 0 Å². The molecule has 2 aromatic rings. The van der Waals surface area contributed by atoms with E-state index in [-0.39, 0.29) is 0 Å². The highest BCUT2D eigenvalue weighted by Crippen LogP contribution is 2.26. The first kappa shape index (κ1) is 19.0. The lowest BCUT2D eigenvalue weighted by molar-refractivity contribution is 0.122. The molecule has 1 aromatic heterocycles. The Balaban J connectivity index is 1.33. The molecule has 1 aliphatic carbocycles. The van der Waals surface area contributed by atoms with Gasteiger partial charge in [-0.2, -0.15) is 0 Å². The van der Waals surface area contributed by atoms with Crippen molar-refractivity contribution in [2.24, 2.45) is 0 Å². The second kappa shape index (κ2) is 9.24. The average Bonchev–Trinajstić information content (AvgIpc) is 2.79. The maximum absolute atomic E-state index is 5.42. The number of anilines is 3. The zero-order chi connectivity index (χ0) is 19.2. The number of nitrogens with one attached hydrogen (secondary N) is 1. The number of benzene rings is 1. The minimum Gasteiger partial charge on any atom is -0.378 e.